The molecule has 0 saturated heterocycles. The summed E-state index contributed by atoms with van der Waals surface area (Å²) >= 11 is 6.86. The van der Waals surface area contributed by atoms with Gasteiger partial charge >= 0.3 is 0 Å². The Morgan fingerprint density at radius 2 is 1.75 bits per heavy atom. The van der Waals surface area contributed by atoms with E-state index in [9.17, 15) is 13.9 Å². The summed E-state index contributed by atoms with van der Waals surface area (Å²) in [6.45, 7) is 5.52. The maximum atomic E-state index is 14.3. The molecule has 36 heavy (non-hydrogen) atoms. The molecular weight excluding hydrogens is 482 g/mol. The third-order valence-electron chi connectivity index (χ3n) is 6.39. The molecule has 188 valence electrons. The number of fused-ring (bicyclic) bond motifs is 1. The topological polar surface area (TPSA) is 55.2 Å². The fourth-order valence-corrected chi connectivity index (χ4v) is 4.75. The van der Waals surface area contributed by atoms with Gasteiger partial charge in [-0.15, -0.1) is 0 Å². The Morgan fingerprint density at radius 1 is 1.03 bits per heavy atom. The lowest BCUT2D eigenvalue weighted by atomic mass is 9.96. The van der Waals surface area contributed by atoms with Gasteiger partial charge in [0.2, 0.25) is 5.88 Å². The third kappa shape index (κ3) is 5.20. The van der Waals surface area contributed by atoms with Crippen LogP contribution in [0.3, 0.4) is 0 Å². The normalized spacial score (nSPS) is 12.7. The Hall–Kier alpha value is -3.09. The van der Waals surface area contributed by atoms with E-state index >= 15 is 0 Å². The van der Waals surface area contributed by atoms with Crippen LogP contribution in [0.1, 0.15) is 65.1 Å². The molecule has 4 nitrogen and oxygen atoms in total. The van der Waals surface area contributed by atoms with Gasteiger partial charge in [0.1, 0.15) is 6.10 Å². The lowest BCUT2D eigenvalue weighted by Gasteiger charge is -2.18. The highest BCUT2D eigenvalue weighted by Crippen LogP contribution is 2.37. The SMILES string of the molecule is CCCC(F)(F)c1ccc(Cc2c(OC)nc3ccc(C(O)c4ccc(C)nc4C)cc3c2Cl)cc1. The molecule has 0 aliphatic heterocycles. The zero-order valence-electron chi connectivity index (χ0n) is 20.8. The smallest absolute Gasteiger partial charge is 0.273 e. The molecule has 0 amide bonds. The second kappa shape index (κ2) is 10.5. The van der Waals surface area contributed by atoms with Crippen molar-refractivity contribution in [1.29, 1.82) is 0 Å². The van der Waals surface area contributed by atoms with Gasteiger partial charge in [-0.25, -0.2) is 13.8 Å². The molecule has 0 bridgehead atoms. The largest absolute Gasteiger partial charge is 0.481 e. The Kier molecular flexibility index (Phi) is 7.57. The van der Waals surface area contributed by atoms with Gasteiger partial charge in [-0.3, -0.25) is 4.98 Å². The number of aromatic nitrogens is 2. The molecule has 2 heterocycles. The molecular formula is C29H29ClF2N2O2. The highest BCUT2D eigenvalue weighted by Gasteiger charge is 2.30. The Balaban J connectivity index is 1.71. The second-order valence-electron chi connectivity index (χ2n) is 9.05. The number of aliphatic hydroxyl groups excluding tert-OH is 1. The van der Waals surface area contributed by atoms with Crippen LogP contribution in [0.15, 0.2) is 54.6 Å². The number of aryl methyl sites for hydroxylation is 2. The molecule has 4 rings (SSSR count). The first-order chi connectivity index (χ1) is 17.1. The van der Waals surface area contributed by atoms with Gasteiger partial charge in [0.05, 0.1) is 17.6 Å². The van der Waals surface area contributed by atoms with Crippen molar-refractivity contribution in [2.45, 2.75) is 52.1 Å². The Bertz CT molecular complexity index is 1390. The van der Waals surface area contributed by atoms with Crippen molar-refractivity contribution in [3.05, 3.63) is 98.8 Å². The van der Waals surface area contributed by atoms with E-state index < -0.39 is 12.0 Å². The molecule has 1 unspecified atom stereocenters. The lowest BCUT2D eigenvalue weighted by Crippen LogP contribution is -2.12. The molecule has 1 N–H and O–H groups in total. The van der Waals surface area contributed by atoms with Crippen molar-refractivity contribution >= 4 is 22.5 Å². The molecule has 0 saturated carbocycles. The van der Waals surface area contributed by atoms with Crippen LogP contribution in [0.4, 0.5) is 8.78 Å². The summed E-state index contributed by atoms with van der Waals surface area (Å²) in [7, 11) is 1.52. The standard InChI is InChI=1S/C29H29ClF2N2O2/c1-5-14-29(31,32)21-10-7-19(8-11-21)15-24-26(30)23-16-20(9-13-25(23)34-28(24)36-4)27(35)22-12-6-17(2)33-18(22)3/h6-13,16,27,35H,5,14-15H2,1-4H3. The van der Waals surface area contributed by atoms with E-state index in [1.807, 2.05) is 38.1 Å². The molecule has 2 aromatic carbocycles. The number of rotatable bonds is 8. The van der Waals surface area contributed by atoms with Gasteiger partial charge in [-0.1, -0.05) is 61.3 Å². The van der Waals surface area contributed by atoms with E-state index in [1.54, 1.807) is 25.1 Å². The molecule has 2 aromatic heterocycles. The molecule has 4 aromatic rings. The minimum atomic E-state index is -2.85. The zero-order chi connectivity index (χ0) is 26.0. The van der Waals surface area contributed by atoms with Crippen molar-refractivity contribution in [3.63, 3.8) is 0 Å². The van der Waals surface area contributed by atoms with Crippen molar-refractivity contribution in [2.24, 2.45) is 0 Å². The molecule has 0 spiro atoms. The molecule has 1 atom stereocenters. The number of alkyl halides is 2. The quantitative estimate of drug-likeness (QED) is 0.267. The number of hydrogen-bond donors (Lipinski definition) is 1. The number of benzene rings is 2. The van der Waals surface area contributed by atoms with Crippen LogP contribution in [0.2, 0.25) is 5.02 Å². The molecule has 0 aliphatic rings. The molecule has 7 heteroatoms. The minimum absolute atomic E-state index is 0.00215. The molecule has 0 radical (unpaired) electrons. The summed E-state index contributed by atoms with van der Waals surface area (Å²) in [6.07, 6.45) is -0.298. The predicted octanol–water partition coefficient (Wildman–Crippen LogP) is 7.47. The predicted molar refractivity (Wildman–Crippen MR) is 139 cm³/mol. The maximum absolute atomic E-state index is 14.3. The van der Waals surface area contributed by atoms with Crippen LogP contribution < -0.4 is 4.74 Å². The number of hydrogen-bond acceptors (Lipinski definition) is 4. The van der Waals surface area contributed by atoms with Crippen LogP contribution in [-0.4, -0.2) is 22.2 Å². The van der Waals surface area contributed by atoms with Gasteiger partial charge in [0, 0.05) is 46.3 Å². The van der Waals surface area contributed by atoms with Crippen molar-refractivity contribution in [2.75, 3.05) is 7.11 Å². The monoisotopic (exact) mass is 510 g/mol. The number of aliphatic hydroxyl groups is 1. The average Bonchev–Trinajstić information content (AvgIpc) is 2.85. The molecule has 0 aliphatic carbocycles. The van der Waals surface area contributed by atoms with E-state index in [2.05, 4.69) is 9.97 Å². The summed E-state index contributed by atoms with van der Waals surface area (Å²) in [4.78, 5) is 9.07. The van der Waals surface area contributed by atoms with Gasteiger partial charge in [-0.2, -0.15) is 0 Å². The number of pyridine rings is 2. The number of ether oxygens (including phenoxy) is 1. The second-order valence-corrected chi connectivity index (χ2v) is 9.43. The molecule has 0 fully saturated rings. The number of halogens is 3. The highest BCUT2D eigenvalue weighted by atomic mass is 35.5. The van der Waals surface area contributed by atoms with Gasteiger partial charge in [0.15, 0.2) is 0 Å². The first-order valence-corrected chi connectivity index (χ1v) is 12.3. The minimum Gasteiger partial charge on any atom is -0.481 e. The zero-order valence-corrected chi connectivity index (χ0v) is 21.5. The summed E-state index contributed by atoms with van der Waals surface area (Å²) < 4.78 is 34.1. The van der Waals surface area contributed by atoms with E-state index in [0.717, 1.165) is 22.5 Å². The third-order valence-corrected chi connectivity index (χ3v) is 6.82. The van der Waals surface area contributed by atoms with Crippen LogP contribution in [-0.2, 0) is 12.3 Å². The fourth-order valence-electron chi connectivity index (χ4n) is 4.45. The lowest BCUT2D eigenvalue weighted by molar-refractivity contribution is -0.0140. The van der Waals surface area contributed by atoms with Gasteiger partial charge in [-0.05, 0) is 43.2 Å². The first kappa shape index (κ1) is 26.0. The number of nitrogens with zero attached hydrogens (tertiary/aromatic N) is 2. The number of methoxy groups -OCH3 is 1. The maximum Gasteiger partial charge on any atom is 0.273 e. The average molecular weight is 511 g/mol. The highest BCUT2D eigenvalue weighted by molar-refractivity contribution is 6.36. The summed E-state index contributed by atoms with van der Waals surface area (Å²) in [5, 5.41) is 12.2. The van der Waals surface area contributed by atoms with Crippen LogP contribution in [0, 0.1) is 13.8 Å². The van der Waals surface area contributed by atoms with E-state index in [4.69, 9.17) is 16.3 Å². The van der Waals surface area contributed by atoms with Crippen LogP contribution in [0.5, 0.6) is 5.88 Å². The van der Waals surface area contributed by atoms with Gasteiger partial charge in [0.25, 0.3) is 5.92 Å². The summed E-state index contributed by atoms with van der Waals surface area (Å²) in [6, 6.07) is 15.5. The fraction of sp³-hybridized carbons (Fsp3) is 0.310. The van der Waals surface area contributed by atoms with Gasteiger partial charge < -0.3 is 9.84 Å². The van der Waals surface area contributed by atoms with E-state index in [0.29, 0.717) is 45.8 Å². The van der Waals surface area contributed by atoms with Crippen molar-refractivity contribution in [1.82, 2.24) is 9.97 Å². The first-order valence-electron chi connectivity index (χ1n) is 11.9. The summed E-state index contributed by atoms with van der Waals surface area (Å²) in [5.74, 6) is -2.48. The van der Waals surface area contributed by atoms with Crippen LogP contribution in [0.25, 0.3) is 10.9 Å². The van der Waals surface area contributed by atoms with E-state index in [1.165, 1.54) is 19.2 Å². The van der Waals surface area contributed by atoms with E-state index in [-0.39, 0.29) is 12.0 Å². The van der Waals surface area contributed by atoms with Crippen LogP contribution >= 0.6 is 11.6 Å². The van der Waals surface area contributed by atoms with Crippen molar-refractivity contribution < 1.29 is 18.6 Å². The summed E-state index contributed by atoms with van der Waals surface area (Å²) in [5.41, 5.74) is 5.12. The van der Waals surface area contributed by atoms with Crippen molar-refractivity contribution in [3.8, 4) is 5.88 Å². The Morgan fingerprint density at radius 3 is 2.39 bits per heavy atom. The Labute approximate surface area is 214 Å².